The van der Waals surface area contributed by atoms with Gasteiger partial charge >= 0.3 is 0 Å². The van der Waals surface area contributed by atoms with Crippen LogP contribution in [-0.2, 0) is 14.8 Å². The molecule has 0 heterocycles. The molecule has 0 aliphatic heterocycles. The van der Waals surface area contributed by atoms with E-state index in [1.807, 2.05) is 0 Å². The molecule has 1 aromatic rings. The lowest BCUT2D eigenvalue weighted by atomic mass is 10.2. The fourth-order valence-corrected chi connectivity index (χ4v) is 1.88. The number of benzene rings is 1. The van der Waals surface area contributed by atoms with E-state index in [0.29, 0.717) is 11.4 Å². The Kier molecular flexibility index (Phi) is 6.28. The average molecular weight is 308 g/mol. The highest BCUT2D eigenvalue weighted by molar-refractivity contribution is 7.92. The van der Waals surface area contributed by atoms with Crippen LogP contribution in [0, 0.1) is 6.92 Å². The smallest absolute Gasteiger partial charge is 0.240 e. The fourth-order valence-electron chi connectivity index (χ4n) is 1.27. The van der Waals surface area contributed by atoms with Gasteiger partial charge in [-0.1, -0.05) is 6.07 Å². The van der Waals surface area contributed by atoms with E-state index >= 15 is 0 Å². The Labute approximate surface area is 119 Å². The van der Waals surface area contributed by atoms with Crippen molar-refractivity contribution in [3.05, 3.63) is 23.8 Å². The van der Waals surface area contributed by atoms with Gasteiger partial charge in [0.2, 0.25) is 15.9 Å². The predicted molar refractivity (Wildman–Crippen MR) is 79.2 cm³/mol. The molecule has 0 aliphatic rings. The Morgan fingerprint density at radius 3 is 2.42 bits per heavy atom. The second kappa shape index (κ2) is 6.74. The maximum atomic E-state index is 11.4. The third-order valence-electron chi connectivity index (χ3n) is 2.21. The summed E-state index contributed by atoms with van der Waals surface area (Å²) >= 11 is 0. The molecule has 6 nitrogen and oxygen atoms in total. The van der Waals surface area contributed by atoms with Crippen LogP contribution in [0.3, 0.4) is 0 Å². The van der Waals surface area contributed by atoms with Gasteiger partial charge in [0.05, 0.1) is 18.0 Å². The second-order valence-corrected chi connectivity index (χ2v) is 5.93. The normalized spacial score (nSPS) is 12.2. The Morgan fingerprint density at radius 1 is 1.37 bits per heavy atom. The number of nitrogens with two attached hydrogens (primary N) is 1. The van der Waals surface area contributed by atoms with Gasteiger partial charge in [-0.3, -0.25) is 9.52 Å². The molecule has 0 aliphatic carbocycles. The van der Waals surface area contributed by atoms with Crippen molar-refractivity contribution in [1.82, 2.24) is 0 Å². The van der Waals surface area contributed by atoms with Gasteiger partial charge in [0, 0.05) is 5.69 Å². The lowest BCUT2D eigenvalue weighted by Crippen LogP contribution is -2.32. The third-order valence-corrected chi connectivity index (χ3v) is 2.80. The number of amides is 1. The highest BCUT2D eigenvalue weighted by Crippen LogP contribution is 2.21. The van der Waals surface area contributed by atoms with Crippen LogP contribution in [0.4, 0.5) is 11.4 Å². The monoisotopic (exact) mass is 307 g/mol. The standard InChI is InChI=1S/C11H17N3O3S.ClH/c1-7-4-5-9(13-11(15)8(2)12)6-10(7)14-18(3,16)17;/h4-6,8,14H,12H2,1-3H3,(H,13,15);1H/t8-;/m1./s1. The van der Waals surface area contributed by atoms with E-state index in [1.54, 1.807) is 32.0 Å². The summed E-state index contributed by atoms with van der Waals surface area (Å²) in [6, 6.07) is 4.32. The molecule has 0 bridgehead atoms. The van der Waals surface area contributed by atoms with Gasteiger partial charge in [0.25, 0.3) is 0 Å². The first kappa shape index (κ1) is 17.7. The molecule has 19 heavy (non-hydrogen) atoms. The quantitative estimate of drug-likeness (QED) is 0.774. The van der Waals surface area contributed by atoms with Gasteiger partial charge in [-0.2, -0.15) is 0 Å². The van der Waals surface area contributed by atoms with Gasteiger partial charge in [0.15, 0.2) is 0 Å². The van der Waals surface area contributed by atoms with Crippen molar-refractivity contribution in [2.45, 2.75) is 19.9 Å². The summed E-state index contributed by atoms with van der Waals surface area (Å²) in [5, 5.41) is 2.60. The van der Waals surface area contributed by atoms with Gasteiger partial charge in [-0.25, -0.2) is 8.42 Å². The Bertz CT molecular complexity index is 558. The van der Waals surface area contributed by atoms with Crippen molar-refractivity contribution in [2.24, 2.45) is 5.73 Å². The van der Waals surface area contributed by atoms with E-state index in [9.17, 15) is 13.2 Å². The highest BCUT2D eigenvalue weighted by atomic mass is 35.5. The lowest BCUT2D eigenvalue weighted by molar-refractivity contribution is -0.117. The number of carbonyl (C=O) groups is 1. The zero-order chi connectivity index (χ0) is 13.9. The molecular weight excluding hydrogens is 290 g/mol. The summed E-state index contributed by atoms with van der Waals surface area (Å²) in [6.07, 6.45) is 1.07. The second-order valence-electron chi connectivity index (χ2n) is 4.18. The topological polar surface area (TPSA) is 101 Å². The number of halogens is 1. The molecule has 108 valence electrons. The summed E-state index contributed by atoms with van der Waals surface area (Å²) in [7, 11) is -3.35. The van der Waals surface area contributed by atoms with Crippen LogP contribution in [0.25, 0.3) is 0 Å². The summed E-state index contributed by atoms with van der Waals surface area (Å²) < 4.78 is 24.7. The number of nitrogens with one attached hydrogen (secondary N) is 2. The molecular formula is C11H18ClN3O3S. The minimum atomic E-state index is -3.35. The van der Waals surface area contributed by atoms with E-state index < -0.39 is 16.1 Å². The molecule has 1 atom stereocenters. The Hall–Kier alpha value is -1.31. The summed E-state index contributed by atoms with van der Waals surface area (Å²) in [5.74, 6) is -0.329. The lowest BCUT2D eigenvalue weighted by Gasteiger charge is -2.12. The molecule has 1 rings (SSSR count). The number of sulfonamides is 1. The summed E-state index contributed by atoms with van der Waals surface area (Å²) in [6.45, 7) is 3.34. The van der Waals surface area contributed by atoms with E-state index in [1.165, 1.54) is 0 Å². The van der Waals surface area contributed by atoms with E-state index in [0.717, 1.165) is 11.8 Å². The van der Waals surface area contributed by atoms with E-state index in [-0.39, 0.29) is 18.3 Å². The van der Waals surface area contributed by atoms with Crippen LogP contribution in [0.1, 0.15) is 12.5 Å². The highest BCUT2D eigenvalue weighted by Gasteiger charge is 2.10. The first-order chi connectivity index (χ1) is 8.19. The Morgan fingerprint density at radius 2 is 1.95 bits per heavy atom. The zero-order valence-corrected chi connectivity index (χ0v) is 12.6. The molecule has 0 unspecified atom stereocenters. The molecule has 0 saturated heterocycles. The minimum absolute atomic E-state index is 0. The molecule has 0 fully saturated rings. The SMILES string of the molecule is Cc1ccc(NC(=O)[C@@H](C)N)cc1NS(C)(=O)=O.Cl. The van der Waals surface area contributed by atoms with Crippen molar-refractivity contribution < 1.29 is 13.2 Å². The van der Waals surface area contributed by atoms with Crippen molar-refractivity contribution in [3.63, 3.8) is 0 Å². The van der Waals surface area contributed by atoms with E-state index in [2.05, 4.69) is 10.0 Å². The van der Waals surface area contributed by atoms with Crippen LogP contribution >= 0.6 is 12.4 Å². The first-order valence-corrected chi connectivity index (χ1v) is 7.23. The van der Waals surface area contributed by atoms with Crippen molar-refractivity contribution in [1.29, 1.82) is 0 Å². The zero-order valence-electron chi connectivity index (χ0n) is 10.9. The first-order valence-electron chi connectivity index (χ1n) is 5.34. The molecule has 8 heteroatoms. The van der Waals surface area contributed by atoms with Crippen molar-refractivity contribution in [3.8, 4) is 0 Å². The van der Waals surface area contributed by atoms with Gasteiger partial charge in [0.1, 0.15) is 0 Å². The summed E-state index contributed by atoms with van der Waals surface area (Å²) in [4.78, 5) is 11.4. The van der Waals surface area contributed by atoms with Crippen molar-refractivity contribution >= 4 is 39.7 Å². The molecule has 0 aromatic heterocycles. The number of aryl methyl sites for hydroxylation is 1. The third kappa shape index (κ3) is 5.91. The number of carbonyl (C=O) groups excluding carboxylic acids is 1. The van der Waals surface area contributed by atoms with Crippen molar-refractivity contribution in [2.75, 3.05) is 16.3 Å². The van der Waals surface area contributed by atoms with Gasteiger partial charge < -0.3 is 11.1 Å². The minimum Gasteiger partial charge on any atom is -0.325 e. The Balaban J connectivity index is 0.00000324. The van der Waals surface area contributed by atoms with Crippen LogP contribution < -0.4 is 15.8 Å². The fraction of sp³-hybridized carbons (Fsp3) is 0.364. The number of hydrogen-bond donors (Lipinski definition) is 3. The summed E-state index contributed by atoms with van der Waals surface area (Å²) in [5.41, 5.74) is 7.12. The molecule has 4 N–H and O–H groups in total. The number of rotatable bonds is 4. The molecule has 1 aromatic carbocycles. The van der Waals surface area contributed by atoms with Gasteiger partial charge in [-0.15, -0.1) is 12.4 Å². The van der Waals surface area contributed by atoms with E-state index in [4.69, 9.17) is 5.73 Å². The molecule has 1 amide bonds. The molecule has 0 radical (unpaired) electrons. The molecule has 0 spiro atoms. The average Bonchev–Trinajstić information content (AvgIpc) is 2.20. The molecule has 0 saturated carbocycles. The number of hydrogen-bond acceptors (Lipinski definition) is 4. The maximum absolute atomic E-state index is 11.4. The largest absolute Gasteiger partial charge is 0.325 e. The maximum Gasteiger partial charge on any atom is 0.240 e. The predicted octanol–water partition coefficient (Wildman–Crippen LogP) is 1.07. The van der Waals surface area contributed by atoms with Crippen LogP contribution in [0.5, 0.6) is 0 Å². The van der Waals surface area contributed by atoms with Gasteiger partial charge in [-0.05, 0) is 31.5 Å². The number of anilines is 2. The van der Waals surface area contributed by atoms with Crippen LogP contribution in [0.2, 0.25) is 0 Å². The van der Waals surface area contributed by atoms with Crippen LogP contribution in [0.15, 0.2) is 18.2 Å². The van der Waals surface area contributed by atoms with Crippen LogP contribution in [-0.4, -0.2) is 26.6 Å².